The maximum absolute atomic E-state index is 4.16. The topological polar surface area (TPSA) is 41.6 Å². The third kappa shape index (κ3) is 2.02. The molecular weight excluding hydrogens is 162 g/mol. The van der Waals surface area contributed by atoms with E-state index >= 15 is 0 Å². The molecule has 1 N–H and O–H groups in total. The molecule has 0 fully saturated rings. The first-order valence-corrected chi connectivity index (χ1v) is 4.02. The smallest absolute Gasteiger partial charge is 0.0924 e. The molecule has 3 heteroatoms. The SMILES string of the molecule is C(=Cc1cnc[nH]1)c1ccccn1. The van der Waals surface area contributed by atoms with Gasteiger partial charge in [-0.2, -0.15) is 0 Å². The number of pyridine rings is 1. The minimum atomic E-state index is 0.942. The second kappa shape index (κ2) is 3.67. The zero-order valence-corrected chi connectivity index (χ0v) is 7.01. The number of hydrogen-bond acceptors (Lipinski definition) is 2. The predicted molar refractivity (Wildman–Crippen MR) is 51.8 cm³/mol. The Hall–Kier alpha value is -1.90. The molecule has 0 radical (unpaired) electrons. The summed E-state index contributed by atoms with van der Waals surface area (Å²) in [4.78, 5) is 11.0. The Labute approximate surface area is 76.2 Å². The Balaban J connectivity index is 2.15. The average Bonchev–Trinajstić information content (AvgIpc) is 2.69. The maximum Gasteiger partial charge on any atom is 0.0924 e. The summed E-state index contributed by atoms with van der Waals surface area (Å²) in [7, 11) is 0. The van der Waals surface area contributed by atoms with Crippen LogP contribution in [0.15, 0.2) is 36.9 Å². The van der Waals surface area contributed by atoms with E-state index in [0.717, 1.165) is 11.4 Å². The third-order valence-corrected chi connectivity index (χ3v) is 1.64. The standard InChI is InChI=1S/C10H9N3/c1-2-6-12-9(3-1)4-5-10-7-11-8-13-10/h1-8H,(H,11,13). The van der Waals surface area contributed by atoms with Crippen molar-refractivity contribution in [2.24, 2.45) is 0 Å². The zero-order valence-electron chi connectivity index (χ0n) is 7.01. The predicted octanol–water partition coefficient (Wildman–Crippen LogP) is 1.98. The molecular formula is C10H9N3. The van der Waals surface area contributed by atoms with Crippen molar-refractivity contribution in [1.82, 2.24) is 15.0 Å². The van der Waals surface area contributed by atoms with E-state index in [0.29, 0.717) is 0 Å². The van der Waals surface area contributed by atoms with Crippen LogP contribution in [-0.2, 0) is 0 Å². The third-order valence-electron chi connectivity index (χ3n) is 1.64. The molecule has 0 spiro atoms. The number of aromatic amines is 1. The fourth-order valence-corrected chi connectivity index (χ4v) is 1.01. The van der Waals surface area contributed by atoms with E-state index in [4.69, 9.17) is 0 Å². The largest absolute Gasteiger partial charge is 0.345 e. The number of rotatable bonds is 2. The van der Waals surface area contributed by atoms with E-state index in [-0.39, 0.29) is 0 Å². The fourth-order valence-electron chi connectivity index (χ4n) is 1.01. The molecule has 0 atom stereocenters. The van der Waals surface area contributed by atoms with Gasteiger partial charge >= 0.3 is 0 Å². The molecule has 0 saturated heterocycles. The summed E-state index contributed by atoms with van der Waals surface area (Å²) in [5.74, 6) is 0. The Kier molecular flexibility index (Phi) is 2.18. The maximum atomic E-state index is 4.16. The summed E-state index contributed by atoms with van der Waals surface area (Å²) in [5.41, 5.74) is 1.92. The second-order valence-corrected chi connectivity index (χ2v) is 2.59. The number of nitrogens with one attached hydrogen (secondary N) is 1. The molecule has 2 rings (SSSR count). The summed E-state index contributed by atoms with van der Waals surface area (Å²) in [6, 6.07) is 5.81. The molecule has 2 aromatic heterocycles. The van der Waals surface area contributed by atoms with Crippen LogP contribution in [0, 0.1) is 0 Å². The molecule has 13 heavy (non-hydrogen) atoms. The van der Waals surface area contributed by atoms with Gasteiger partial charge in [0, 0.05) is 6.20 Å². The highest BCUT2D eigenvalue weighted by Crippen LogP contribution is 2.01. The highest BCUT2D eigenvalue weighted by Gasteiger charge is 1.86. The molecule has 0 aliphatic rings. The van der Waals surface area contributed by atoms with Gasteiger partial charge in [-0.25, -0.2) is 4.98 Å². The summed E-state index contributed by atoms with van der Waals surface area (Å²) < 4.78 is 0. The second-order valence-electron chi connectivity index (χ2n) is 2.59. The van der Waals surface area contributed by atoms with Crippen molar-refractivity contribution in [3.05, 3.63) is 48.3 Å². The van der Waals surface area contributed by atoms with Gasteiger partial charge in [0.25, 0.3) is 0 Å². The normalized spacial score (nSPS) is 10.8. The van der Waals surface area contributed by atoms with Crippen molar-refractivity contribution >= 4 is 12.2 Å². The lowest BCUT2D eigenvalue weighted by Gasteiger charge is -1.88. The number of imidazole rings is 1. The quantitative estimate of drug-likeness (QED) is 0.750. The van der Waals surface area contributed by atoms with Gasteiger partial charge in [-0.15, -0.1) is 0 Å². The summed E-state index contributed by atoms with van der Waals surface area (Å²) >= 11 is 0. The molecule has 0 amide bonds. The molecule has 0 saturated carbocycles. The zero-order chi connectivity index (χ0) is 8.93. The first kappa shape index (κ1) is 7.73. The van der Waals surface area contributed by atoms with E-state index in [1.165, 1.54) is 0 Å². The first-order chi connectivity index (χ1) is 6.45. The van der Waals surface area contributed by atoms with Crippen LogP contribution in [-0.4, -0.2) is 15.0 Å². The molecule has 3 nitrogen and oxygen atoms in total. The van der Waals surface area contributed by atoms with Crippen LogP contribution in [0.4, 0.5) is 0 Å². The van der Waals surface area contributed by atoms with Gasteiger partial charge in [0.1, 0.15) is 0 Å². The van der Waals surface area contributed by atoms with Crippen LogP contribution in [0.1, 0.15) is 11.4 Å². The monoisotopic (exact) mass is 171 g/mol. The lowest BCUT2D eigenvalue weighted by Crippen LogP contribution is -1.76. The lowest BCUT2D eigenvalue weighted by atomic mass is 10.3. The average molecular weight is 171 g/mol. The molecule has 2 aromatic rings. The van der Waals surface area contributed by atoms with E-state index in [1.807, 2.05) is 30.4 Å². The molecule has 64 valence electrons. The van der Waals surface area contributed by atoms with Gasteiger partial charge < -0.3 is 4.98 Å². The molecule has 0 bridgehead atoms. The Morgan fingerprint density at radius 3 is 2.92 bits per heavy atom. The summed E-state index contributed by atoms with van der Waals surface area (Å²) in [6.07, 6.45) is 9.06. The molecule has 0 aliphatic heterocycles. The van der Waals surface area contributed by atoms with Gasteiger partial charge in [-0.3, -0.25) is 4.98 Å². The Morgan fingerprint density at radius 1 is 1.23 bits per heavy atom. The van der Waals surface area contributed by atoms with E-state index in [1.54, 1.807) is 18.7 Å². The molecule has 2 heterocycles. The van der Waals surface area contributed by atoms with Crippen LogP contribution in [0.25, 0.3) is 12.2 Å². The van der Waals surface area contributed by atoms with Crippen molar-refractivity contribution in [3.8, 4) is 0 Å². The Bertz CT molecular complexity index is 376. The van der Waals surface area contributed by atoms with Crippen LogP contribution >= 0.6 is 0 Å². The molecule has 0 aromatic carbocycles. The first-order valence-electron chi connectivity index (χ1n) is 4.02. The van der Waals surface area contributed by atoms with E-state index < -0.39 is 0 Å². The van der Waals surface area contributed by atoms with E-state index in [9.17, 15) is 0 Å². The lowest BCUT2D eigenvalue weighted by molar-refractivity contribution is 1.29. The van der Waals surface area contributed by atoms with Crippen LogP contribution < -0.4 is 0 Å². The minimum absolute atomic E-state index is 0.942. The van der Waals surface area contributed by atoms with Crippen molar-refractivity contribution in [2.75, 3.05) is 0 Å². The van der Waals surface area contributed by atoms with Crippen LogP contribution in [0.5, 0.6) is 0 Å². The number of aromatic nitrogens is 3. The van der Waals surface area contributed by atoms with Crippen molar-refractivity contribution in [1.29, 1.82) is 0 Å². The van der Waals surface area contributed by atoms with Crippen LogP contribution in [0.3, 0.4) is 0 Å². The van der Waals surface area contributed by atoms with Crippen molar-refractivity contribution in [2.45, 2.75) is 0 Å². The fraction of sp³-hybridized carbons (Fsp3) is 0. The van der Waals surface area contributed by atoms with Gasteiger partial charge in [-0.05, 0) is 24.3 Å². The molecule has 0 unspecified atom stereocenters. The summed E-state index contributed by atoms with van der Waals surface area (Å²) in [6.45, 7) is 0. The van der Waals surface area contributed by atoms with Gasteiger partial charge in [0.05, 0.1) is 23.9 Å². The molecule has 0 aliphatic carbocycles. The highest BCUT2D eigenvalue weighted by molar-refractivity contribution is 5.65. The van der Waals surface area contributed by atoms with Crippen molar-refractivity contribution < 1.29 is 0 Å². The number of hydrogen-bond donors (Lipinski definition) is 1. The van der Waals surface area contributed by atoms with Crippen LogP contribution in [0.2, 0.25) is 0 Å². The minimum Gasteiger partial charge on any atom is -0.345 e. The van der Waals surface area contributed by atoms with Gasteiger partial charge in [-0.1, -0.05) is 6.07 Å². The Morgan fingerprint density at radius 2 is 2.23 bits per heavy atom. The highest BCUT2D eigenvalue weighted by atomic mass is 14.8. The van der Waals surface area contributed by atoms with Gasteiger partial charge in [0.2, 0.25) is 0 Å². The number of nitrogens with zero attached hydrogens (tertiary/aromatic N) is 2. The van der Waals surface area contributed by atoms with E-state index in [2.05, 4.69) is 15.0 Å². The summed E-state index contributed by atoms with van der Waals surface area (Å²) in [5, 5.41) is 0. The van der Waals surface area contributed by atoms with Gasteiger partial charge in [0.15, 0.2) is 0 Å². The van der Waals surface area contributed by atoms with Crippen molar-refractivity contribution in [3.63, 3.8) is 0 Å². The number of H-pyrrole nitrogens is 1.